The van der Waals surface area contributed by atoms with Gasteiger partial charge in [0, 0.05) is 11.5 Å². The van der Waals surface area contributed by atoms with Crippen LogP contribution in [0.4, 0.5) is 0 Å². The third-order valence-electron chi connectivity index (χ3n) is 5.05. The number of hydrogen-bond donors (Lipinski definition) is 1. The van der Waals surface area contributed by atoms with Gasteiger partial charge in [-0.1, -0.05) is 30.0 Å². The van der Waals surface area contributed by atoms with E-state index in [2.05, 4.69) is 11.8 Å². The van der Waals surface area contributed by atoms with Gasteiger partial charge in [-0.2, -0.15) is 0 Å². The minimum atomic E-state index is -0.897. The van der Waals surface area contributed by atoms with E-state index in [0.717, 1.165) is 12.0 Å². The smallest absolute Gasteiger partial charge is 0.126 e. The monoisotopic (exact) mass is 254 g/mol. The fourth-order valence-corrected chi connectivity index (χ4v) is 4.06. The number of ether oxygens (including phenoxy) is 1. The number of fused-ring (bicyclic) bond motifs is 5. The summed E-state index contributed by atoms with van der Waals surface area (Å²) < 4.78 is 5.67. The number of aliphatic hydroxyl groups is 1. The van der Waals surface area contributed by atoms with Crippen LogP contribution in [-0.4, -0.2) is 22.9 Å². The lowest BCUT2D eigenvalue weighted by Crippen LogP contribution is -2.38. The molecule has 2 saturated carbocycles. The minimum absolute atomic E-state index is 0.275. The van der Waals surface area contributed by atoms with E-state index in [1.165, 1.54) is 6.42 Å². The lowest BCUT2D eigenvalue weighted by Gasteiger charge is -2.30. The van der Waals surface area contributed by atoms with Crippen LogP contribution in [0.5, 0.6) is 0 Å². The lowest BCUT2D eigenvalue weighted by atomic mass is 9.77. The van der Waals surface area contributed by atoms with Gasteiger partial charge in [0.15, 0.2) is 0 Å². The van der Waals surface area contributed by atoms with Gasteiger partial charge in [0.05, 0.1) is 12.2 Å². The molecule has 1 saturated heterocycles. The van der Waals surface area contributed by atoms with Crippen molar-refractivity contribution >= 4 is 0 Å². The second-order valence-corrected chi connectivity index (χ2v) is 6.33. The van der Waals surface area contributed by atoms with E-state index >= 15 is 0 Å². The summed E-state index contributed by atoms with van der Waals surface area (Å²) in [5.41, 5.74) is 0.0677. The first-order chi connectivity index (χ1) is 9.15. The Morgan fingerprint density at radius 2 is 2.00 bits per heavy atom. The molecule has 0 amide bonds. The van der Waals surface area contributed by atoms with E-state index in [1.807, 2.05) is 37.3 Å². The zero-order valence-electron chi connectivity index (χ0n) is 11.0. The highest BCUT2D eigenvalue weighted by atomic mass is 16.6. The number of epoxide rings is 1. The molecule has 2 nitrogen and oxygen atoms in total. The van der Waals surface area contributed by atoms with Gasteiger partial charge in [-0.25, -0.2) is 0 Å². The van der Waals surface area contributed by atoms with Crippen molar-refractivity contribution in [1.82, 2.24) is 0 Å². The second-order valence-electron chi connectivity index (χ2n) is 6.33. The van der Waals surface area contributed by atoms with Crippen molar-refractivity contribution in [2.24, 2.45) is 17.8 Å². The molecule has 3 aliphatic rings. The van der Waals surface area contributed by atoms with Crippen LogP contribution in [0.3, 0.4) is 0 Å². The zero-order chi connectivity index (χ0) is 13.0. The van der Waals surface area contributed by atoms with Crippen molar-refractivity contribution in [2.75, 3.05) is 0 Å². The van der Waals surface area contributed by atoms with Gasteiger partial charge >= 0.3 is 0 Å². The first-order valence-electron chi connectivity index (χ1n) is 7.11. The van der Waals surface area contributed by atoms with Crippen LogP contribution < -0.4 is 0 Å². The average Bonchev–Trinajstić information content (AvgIpc) is 3.02. The fraction of sp³-hybridized carbons (Fsp3) is 0.529. The van der Waals surface area contributed by atoms with E-state index in [1.54, 1.807) is 0 Å². The van der Waals surface area contributed by atoms with Crippen molar-refractivity contribution < 1.29 is 9.84 Å². The number of rotatable bonds is 1. The third-order valence-corrected chi connectivity index (χ3v) is 5.05. The molecular formula is C17H18O2. The molecule has 4 unspecified atom stereocenters. The predicted octanol–water partition coefficient (Wildman–Crippen LogP) is 2.21. The molecule has 2 heteroatoms. The van der Waals surface area contributed by atoms with Crippen LogP contribution in [0.2, 0.25) is 0 Å². The summed E-state index contributed by atoms with van der Waals surface area (Å²) >= 11 is 0. The fourth-order valence-electron chi connectivity index (χ4n) is 4.06. The molecule has 19 heavy (non-hydrogen) atoms. The van der Waals surface area contributed by atoms with E-state index in [9.17, 15) is 5.11 Å². The van der Waals surface area contributed by atoms with Crippen molar-refractivity contribution in [3.63, 3.8) is 0 Å². The maximum Gasteiger partial charge on any atom is 0.126 e. The molecule has 1 heterocycles. The maximum absolute atomic E-state index is 10.7. The van der Waals surface area contributed by atoms with Crippen molar-refractivity contribution in [3.8, 4) is 11.8 Å². The van der Waals surface area contributed by atoms with Crippen LogP contribution >= 0.6 is 0 Å². The summed E-state index contributed by atoms with van der Waals surface area (Å²) in [6, 6.07) is 9.87. The van der Waals surface area contributed by atoms with Crippen LogP contribution in [0.15, 0.2) is 30.3 Å². The Balaban J connectivity index is 1.56. The SMILES string of the molecule is CC(O)(C#Cc1ccccc1)C1C[C@@H]2C[C@H]1C1OC12. The van der Waals surface area contributed by atoms with Crippen molar-refractivity contribution in [3.05, 3.63) is 35.9 Å². The lowest BCUT2D eigenvalue weighted by molar-refractivity contribution is 0.0285. The van der Waals surface area contributed by atoms with Crippen LogP contribution in [0, 0.1) is 29.6 Å². The largest absolute Gasteiger partial charge is 0.378 e. The molecule has 1 aliphatic heterocycles. The Kier molecular flexibility index (Phi) is 2.33. The summed E-state index contributed by atoms with van der Waals surface area (Å²) in [5.74, 6) is 7.67. The Hall–Kier alpha value is -1.30. The molecule has 2 bridgehead atoms. The highest BCUT2D eigenvalue weighted by Crippen LogP contribution is 2.60. The molecule has 0 radical (unpaired) electrons. The van der Waals surface area contributed by atoms with Gasteiger partial charge in [-0.3, -0.25) is 0 Å². The van der Waals surface area contributed by atoms with Gasteiger partial charge in [-0.15, -0.1) is 0 Å². The highest BCUT2D eigenvalue weighted by molar-refractivity contribution is 5.36. The van der Waals surface area contributed by atoms with Crippen LogP contribution in [-0.2, 0) is 4.74 Å². The molecule has 1 aromatic rings. The predicted molar refractivity (Wildman–Crippen MR) is 72.3 cm³/mol. The van der Waals surface area contributed by atoms with E-state index in [-0.39, 0.29) is 5.92 Å². The molecule has 1 aromatic carbocycles. The van der Waals surface area contributed by atoms with Crippen molar-refractivity contribution in [2.45, 2.75) is 37.6 Å². The van der Waals surface area contributed by atoms with Gasteiger partial charge in [0.2, 0.25) is 0 Å². The summed E-state index contributed by atoms with van der Waals surface area (Å²) in [5, 5.41) is 10.7. The summed E-state index contributed by atoms with van der Waals surface area (Å²) in [6.45, 7) is 1.87. The van der Waals surface area contributed by atoms with Gasteiger partial charge < -0.3 is 9.84 Å². The molecule has 4 rings (SSSR count). The van der Waals surface area contributed by atoms with Gasteiger partial charge in [0.25, 0.3) is 0 Å². The summed E-state index contributed by atoms with van der Waals surface area (Å²) in [4.78, 5) is 0. The van der Waals surface area contributed by atoms with Crippen LogP contribution in [0.1, 0.15) is 25.3 Å². The summed E-state index contributed by atoms with van der Waals surface area (Å²) in [7, 11) is 0. The highest BCUT2D eigenvalue weighted by Gasteiger charge is 2.65. The molecule has 0 aromatic heterocycles. The van der Waals surface area contributed by atoms with E-state index in [4.69, 9.17) is 4.74 Å². The minimum Gasteiger partial charge on any atom is -0.378 e. The Morgan fingerprint density at radius 3 is 2.68 bits per heavy atom. The Labute approximate surface area is 113 Å². The quantitative estimate of drug-likeness (QED) is 0.615. The molecule has 1 N–H and O–H groups in total. The molecule has 2 aliphatic carbocycles. The van der Waals surface area contributed by atoms with E-state index < -0.39 is 5.60 Å². The first kappa shape index (κ1) is 11.5. The number of hydrogen-bond acceptors (Lipinski definition) is 2. The standard InChI is InChI=1S/C17H18O2/c1-17(18,8-7-11-5-3-2-4-6-11)14-10-12-9-13(14)16-15(12)19-16/h2-6,12-16,18H,9-10H2,1H3/t12-,13+,14?,15?,16?,17?/m0/s1. The molecule has 98 valence electrons. The van der Waals surface area contributed by atoms with E-state index in [0.29, 0.717) is 24.0 Å². The Bertz CT molecular complexity index is 552. The van der Waals surface area contributed by atoms with Crippen LogP contribution in [0.25, 0.3) is 0 Å². The topological polar surface area (TPSA) is 32.8 Å². The van der Waals surface area contributed by atoms with Crippen molar-refractivity contribution in [1.29, 1.82) is 0 Å². The molecule has 3 fully saturated rings. The third kappa shape index (κ3) is 1.81. The first-order valence-corrected chi connectivity index (χ1v) is 7.11. The van der Waals surface area contributed by atoms with Gasteiger partial charge in [0.1, 0.15) is 5.60 Å². The zero-order valence-corrected chi connectivity index (χ0v) is 11.0. The molecule has 6 atom stereocenters. The average molecular weight is 254 g/mol. The maximum atomic E-state index is 10.7. The second kappa shape index (κ2) is 3.85. The Morgan fingerprint density at radius 1 is 1.21 bits per heavy atom. The van der Waals surface area contributed by atoms with Gasteiger partial charge in [-0.05, 0) is 43.7 Å². The normalized spacial score (nSPS) is 41.1. The molecular weight excluding hydrogens is 236 g/mol. The molecule has 0 spiro atoms. The summed E-state index contributed by atoms with van der Waals surface area (Å²) in [6.07, 6.45) is 3.23. The number of benzene rings is 1.